The molecule has 2 aromatic rings. The molecule has 0 aliphatic rings. The lowest BCUT2D eigenvalue weighted by molar-refractivity contribution is 0.768. The molecule has 0 aromatic carbocycles. The summed E-state index contributed by atoms with van der Waals surface area (Å²) in [7, 11) is 3.80. The summed E-state index contributed by atoms with van der Waals surface area (Å²) in [6, 6.07) is 0. The van der Waals surface area contributed by atoms with Crippen molar-refractivity contribution >= 4 is 5.82 Å². The lowest BCUT2D eigenvalue weighted by atomic mass is 10.1. The van der Waals surface area contributed by atoms with Gasteiger partial charge in [-0.25, -0.2) is 9.97 Å². The Morgan fingerprint density at radius 2 is 2.11 bits per heavy atom. The van der Waals surface area contributed by atoms with Crippen LogP contribution >= 0.6 is 0 Å². The monoisotopic (exact) mass is 245 g/mol. The van der Waals surface area contributed by atoms with Crippen molar-refractivity contribution in [1.82, 2.24) is 19.7 Å². The minimum absolute atomic E-state index is 0.881. The highest BCUT2D eigenvalue weighted by atomic mass is 15.2. The van der Waals surface area contributed by atoms with Crippen molar-refractivity contribution in [3.8, 4) is 11.3 Å². The second-order valence-electron chi connectivity index (χ2n) is 4.36. The third-order valence-electron chi connectivity index (χ3n) is 2.88. The normalized spacial score (nSPS) is 10.7. The largest absolute Gasteiger partial charge is 0.373 e. The zero-order chi connectivity index (χ0) is 13.1. The van der Waals surface area contributed by atoms with Crippen LogP contribution in [0.25, 0.3) is 11.3 Å². The zero-order valence-electron chi connectivity index (χ0n) is 11.4. The average molecular weight is 245 g/mol. The molecular formula is C13H19N5. The third-order valence-corrected chi connectivity index (χ3v) is 2.88. The molecule has 96 valence electrons. The maximum Gasteiger partial charge on any atom is 0.133 e. The molecule has 18 heavy (non-hydrogen) atoms. The molecular weight excluding hydrogens is 226 g/mol. The Bertz CT molecular complexity index is 544. The highest BCUT2D eigenvalue weighted by Gasteiger charge is 2.12. The topological polar surface area (TPSA) is 55.6 Å². The van der Waals surface area contributed by atoms with Crippen molar-refractivity contribution in [2.24, 2.45) is 7.05 Å². The van der Waals surface area contributed by atoms with Gasteiger partial charge in [-0.1, -0.05) is 6.92 Å². The Kier molecular flexibility index (Phi) is 3.60. The van der Waals surface area contributed by atoms with E-state index in [2.05, 4.69) is 27.3 Å². The zero-order valence-corrected chi connectivity index (χ0v) is 11.4. The first-order chi connectivity index (χ1) is 8.65. The molecule has 1 N–H and O–H groups in total. The van der Waals surface area contributed by atoms with Gasteiger partial charge in [-0.2, -0.15) is 5.10 Å². The maximum atomic E-state index is 4.65. The van der Waals surface area contributed by atoms with Gasteiger partial charge < -0.3 is 5.32 Å². The summed E-state index contributed by atoms with van der Waals surface area (Å²) in [6.45, 7) is 4.16. The second kappa shape index (κ2) is 5.16. The van der Waals surface area contributed by atoms with Gasteiger partial charge in [0.2, 0.25) is 0 Å². The smallest absolute Gasteiger partial charge is 0.133 e. The van der Waals surface area contributed by atoms with Gasteiger partial charge in [0, 0.05) is 37.8 Å². The third kappa shape index (κ3) is 2.34. The fraction of sp³-hybridized carbons (Fsp3) is 0.462. The minimum Gasteiger partial charge on any atom is -0.373 e. The number of rotatable bonds is 4. The fourth-order valence-electron chi connectivity index (χ4n) is 1.97. The molecule has 0 saturated carbocycles. The van der Waals surface area contributed by atoms with Crippen LogP contribution in [0.1, 0.15) is 24.7 Å². The van der Waals surface area contributed by atoms with Gasteiger partial charge in [0.1, 0.15) is 11.6 Å². The van der Waals surface area contributed by atoms with E-state index >= 15 is 0 Å². The molecule has 0 unspecified atom stereocenters. The molecule has 5 nitrogen and oxygen atoms in total. The highest BCUT2D eigenvalue weighted by Crippen LogP contribution is 2.25. The molecule has 5 heteroatoms. The van der Waals surface area contributed by atoms with Gasteiger partial charge in [0.25, 0.3) is 0 Å². The number of anilines is 1. The molecule has 0 fully saturated rings. The molecule has 2 heterocycles. The Hall–Kier alpha value is -1.91. The van der Waals surface area contributed by atoms with Gasteiger partial charge in [0.15, 0.2) is 0 Å². The lowest BCUT2D eigenvalue weighted by Crippen LogP contribution is -2.05. The van der Waals surface area contributed by atoms with Crippen molar-refractivity contribution in [2.45, 2.75) is 26.7 Å². The molecule has 2 aromatic heterocycles. The maximum absolute atomic E-state index is 4.65. The quantitative estimate of drug-likeness (QED) is 0.897. The minimum atomic E-state index is 0.881. The molecule has 2 rings (SSSR count). The molecule has 0 aliphatic heterocycles. The van der Waals surface area contributed by atoms with E-state index in [4.69, 9.17) is 0 Å². The molecule has 0 aliphatic carbocycles. The Morgan fingerprint density at radius 1 is 1.33 bits per heavy atom. The first-order valence-electron chi connectivity index (χ1n) is 6.20. The van der Waals surface area contributed by atoms with Crippen molar-refractivity contribution in [3.05, 3.63) is 23.8 Å². The standard InChI is InChI=1S/C13H19N5/c1-5-6-11-16-12(9(2)13(14-3)17-11)10-7-15-18(4)8-10/h7-8H,5-6H2,1-4H3,(H,14,16,17). The number of aromatic nitrogens is 4. The number of nitrogens with zero attached hydrogens (tertiary/aromatic N) is 4. The Labute approximate surface area is 107 Å². The average Bonchev–Trinajstić information content (AvgIpc) is 2.78. The van der Waals surface area contributed by atoms with E-state index in [1.165, 1.54) is 0 Å². The van der Waals surface area contributed by atoms with Crippen LogP contribution in [0.4, 0.5) is 5.82 Å². The van der Waals surface area contributed by atoms with E-state index in [1.807, 2.05) is 33.4 Å². The predicted octanol–water partition coefficient (Wildman–Crippen LogP) is 2.18. The van der Waals surface area contributed by atoms with E-state index < -0.39 is 0 Å². The summed E-state index contributed by atoms with van der Waals surface area (Å²) < 4.78 is 1.79. The van der Waals surface area contributed by atoms with Crippen LogP contribution in [-0.2, 0) is 13.5 Å². The Balaban J connectivity index is 2.54. The van der Waals surface area contributed by atoms with E-state index in [1.54, 1.807) is 4.68 Å². The lowest BCUT2D eigenvalue weighted by Gasteiger charge is -2.10. The van der Waals surface area contributed by atoms with Crippen molar-refractivity contribution < 1.29 is 0 Å². The summed E-state index contributed by atoms with van der Waals surface area (Å²) in [5, 5.41) is 7.33. The molecule has 0 radical (unpaired) electrons. The van der Waals surface area contributed by atoms with Crippen molar-refractivity contribution in [2.75, 3.05) is 12.4 Å². The van der Waals surface area contributed by atoms with Crippen LogP contribution in [0.2, 0.25) is 0 Å². The van der Waals surface area contributed by atoms with Gasteiger partial charge in [-0.05, 0) is 13.3 Å². The van der Waals surface area contributed by atoms with Gasteiger partial charge in [-0.3, -0.25) is 4.68 Å². The van der Waals surface area contributed by atoms with Crippen LogP contribution < -0.4 is 5.32 Å². The van der Waals surface area contributed by atoms with Crippen molar-refractivity contribution in [3.63, 3.8) is 0 Å². The number of aryl methyl sites for hydroxylation is 2. The van der Waals surface area contributed by atoms with E-state index in [0.29, 0.717) is 0 Å². The summed E-state index contributed by atoms with van der Waals surface area (Å²) in [4.78, 5) is 9.17. The first-order valence-corrected chi connectivity index (χ1v) is 6.20. The van der Waals surface area contributed by atoms with Crippen molar-refractivity contribution in [1.29, 1.82) is 0 Å². The van der Waals surface area contributed by atoms with Crippen LogP contribution in [-0.4, -0.2) is 26.8 Å². The van der Waals surface area contributed by atoms with Crippen LogP contribution in [0, 0.1) is 6.92 Å². The Morgan fingerprint density at radius 3 is 2.67 bits per heavy atom. The second-order valence-corrected chi connectivity index (χ2v) is 4.36. The fourth-order valence-corrected chi connectivity index (χ4v) is 1.97. The molecule has 0 bridgehead atoms. The number of hydrogen-bond acceptors (Lipinski definition) is 4. The number of hydrogen-bond donors (Lipinski definition) is 1. The molecule has 0 amide bonds. The van der Waals surface area contributed by atoms with Gasteiger partial charge >= 0.3 is 0 Å². The summed E-state index contributed by atoms with van der Waals surface area (Å²) >= 11 is 0. The molecule has 0 atom stereocenters. The van der Waals surface area contributed by atoms with Crippen LogP contribution in [0.15, 0.2) is 12.4 Å². The van der Waals surface area contributed by atoms with E-state index in [0.717, 1.165) is 41.3 Å². The molecule has 0 saturated heterocycles. The summed E-state index contributed by atoms with van der Waals surface area (Å²) in [5.74, 6) is 1.78. The van der Waals surface area contributed by atoms with Gasteiger partial charge in [-0.15, -0.1) is 0 Å². The SMILES string of the molecule is CCCc1nc(NC)c(C)c(-c2cnn(C)c2)n1. The van der Waals surface area contributed by atoms with Gasteiger partial charge in [0.05, 0.1) is 11.9 Å². The summed E-state index contributed by atoms with van der Waals surface area (Å²) in [6.07, 6.45) is 5.75. The highest BCUT2D eigenvalue weighted by molar-refractivity contribution is 5.66. The predicted molar refractivity (Wildman–Crippen MR) is 72.5 cm³/mol. The molecule has 0 spiro atoms. The first kappa shape index (κ1) is 12.5. The summed E-state index contributed by atoms with van der Waals surface area (Å²) in [5.41, 5.74) is 3.06. The number of nitrogens with one attached hydrogen (secondary N) is 1. The van der Waals surface area contributed by atoms with Crippen LogP contribution in [0.5, 0.6) is 0 Å². The van der Waals surface area contributed by atoms with E-state index in [9.17, 15) is 0 Å². The van der Waals surface area contributed by atoms with Crippen LogP contribution in [0.3, 0.4) is 0 Å². The van der Waals surface area contributed by atoms with E-state index in [-0.39, 0.29) is 0 Å².